The molecule has 0 fully saturated rings. The third-order valence-electron chi connectivity index (χ3n) is 5.75. The summed E-state index contributed by atoms with van der Waals surface area (Å²) in [6, 6.07) is 12.1. The van der Waals surface area contributed by atoms with Crippen LogP contribution in [0.2, 0.25) is 13.1 Å². The van der Waals surface area contributed by atoms with Crippen LogP contribution in [0.3, 0.4) is 0 Å². The molecule has 1 aliphatic heterocycles. The zero-order valence-electron chi connectivity index (χ0n) is 17.5. The average molecular weight is 464 g/mol. The first-order valence-corrected chi connectivity index (χ1v) is 14.6. The Balaban J connectivity index is 1.55. The molecule has 0 bridgehead atoms. The van der Waals surface area contributed by atoms with Crippen molar-refractivity contribution in [3.05, 3.63) is 58.6 Å². The van der Waals surface area contributed by atoms with Crippen molar-refractivity contribution >= 4 is 69.0 Å². The number of thiophene rings is 2. The van der Waals surface area contributed by atoms with E-state index >= 15 is 0 Å². The number of aliphatic hydroxyl groups excluding tert-OH is 1. The Morgan fingerprint density at radius 2 is 1.97 bits per heavy atom. The number of fused-ring (bicyclic) bond motifs is 4. The summed E-state index contributed by atoms with van der Waals surface area (Å²) in [5.41, 5.74) is 1.87. The second-order valence-corrected chi connectivity index (χ2v) is 14.6. The van der Waals surface area contributed by atoms with Gasteiger partial charge in [-0.1, -0.05) is 25.2 Å². The molecule has 0 spiro atoms. The Bertz CT molecular complexity index is 1340. The van der Waals surface area contributed by atoms with E-state index < -0.39 is 8.07 Å². The van der Waals surface area contributed by atoms with Gasteiger partial charge < -0.3 is 14.4 Å². The maximum absolute atomic E-state index is 9.29. The number of oxazole rings is 1. The standard InChI is InChI=1S/C23H21N3O2S2Si/c1-24-16(23-25-15-7-5-6-8-17(15)28-23)11-14-12-18-21(29-14)22-19(31(18,3)4)13-20(30-22)26(2)9-10-27/h5-8,11-13,27H,9-10H2,2-4H3/b16-11-. The predicted molar refractivity (Wildman–Crippen MR) is 133 cm³/mol. The van der Waals surface area contributed by atoms with Crippen LogP contribution in [0.25, 0.3) is 37.5 Å². The van der Waals surface area contributed by atoms with Crippen molar-refractivity contribution in [2.75, 3.05) is 25.1 Å². The summed E-state index contributed by atoms with van der Waals surface area (Å²) in [6.45, 7) is 13.2. The molecule has 0 aliphatic carbocycles. The number of rotatable bonds is 5. The average Bonchev–Trinajstić information content (AvgIpc) is 3.49. The van der Waals surface area contributed by atoms with E-state index in [1.54, 1.807) is 22.7 Å². The Kier molecular flexibility index (Phi) is 4.87. The second kappa shape index (κ2) is 7.46. The number of para-hydroxylation sites is 2. The fourth-order valence-corrected chi connectivity index (χ4v) is 11.1. The third-order valence-corrected chi connectivity index (χ3v) is 12.1. The molecule has 4 aromatic rings. The summed E-state index contributed by atoms with van der Waals surface area (Å²) in [7, 11) is 0.236. The van der Waals surface area contributed by atoms with E-state index in [1.807, 2.05) is 37.4 Å². The van der Waals surface area contributed by atoms with Gasteiger partial charge in [-0.3, -0.25) is 0 Å². The molecule has 1 aromatic carbocycles. The number of benzene rings is 1. The van der Waals surface area contributed by atoms with Crippen molar-refractivity contribution in [3.8, 4) is 9.75 Å². The Hall–Kier alpha value is -2.70. The number of anilines is 1. The lowest BCUT2D eigenvalue weighted by Gasteiger charge is -2.18. The summed E-state index contributed by atoms with van der Waals surface area (Å²) in [6.07, 6.45) is 1.90. The number of hydrogen-bond donors (Lipinski definition) is 1. The molecule has 0 unspecified atom stereocenters. The van der Waals surface area contributed by atoms with Gasteiger partial charge in [0.25, 0.3) is 0 Å². The molecule has 0 radical (unpaired) electrons. The SMILES string of the molecule is [C-]#[N+]/C(=C\c1cc2c(s1)-c1sc(N(C)CCO)cc1[Si]2(C)C)c1nc2ccccc2o1. The lowest BCUT2D eigenvalue weighted by Crippen LogP contribution is -2.48. The second-order valence-electron chi connectivity index (χ2n) is 8.12. The van der Waals surface area contributed by atoms with Crippen molar-refractivity contribution in [2.24, 2.45) is 0 Å². The first-order valence-electron chi connectivity index (χ1n) is 9.98. The van der Waals surface area contributed by atoms with Crippen LogP contribution >= 0.6 is 22.7 Å². The van der Waals surface area contributed by atoms with Crippen LogP contribution in [-0.2, 0) is 0 Å². The first kappa shape index (κ1) is 20.2. The number of nitrogens with zero attached hydrogens (tertiary/aromatic N) is 3. The molecule has 1 N–H and O–H groups in total. The molecule has 0 saturated carbocycles. The molecule has 0 atom stereocenters. The van der Waals surface area contributed by atoms with Crippen LogP contribution < -0.4 is 15.3 Å². The van der Waals surface area contributed by atoms with Crippen LogP contribution in [0.4, 0.5) is 5.00 Å². The fraction of sp³-hybridized carbons (Fsp3) is 0.217. The van der Waals surface area contributed by atoms with Gasteiger partial charge >= 0.3 is 0 Å². The number of aliphatic hydroxyl groups is 1. The molecular formula is C23H21N3O2S2Si. The Morgan fingerprint density at radius 1 is 1.23 bits per heavy atom. The molecule has 156 valence electrons. The molecule has 3 aromatic heterocycles. The van der Waals surface area contributed by atoms with Gasteiger partial charge in [0.1, 0.15) is 13.6 Å². The summed E-state index contributed by atoms with van der Waals surface area (Å²) < 4.78 is 5.82. The molecule has 1 aliphatic rings. The van der Waals surface area contributed by atoms with Gasteiger partial charge in [0.2, 0.25) is 11.6 Å². The smallest absolute Gasteiger partial charge is 0.249 e. The highest BCUT2D eigenvalue weighted by Gasteiger charge is 2.41. The molecule has 8 heteroatoms. The number of hydrogen-bond acceptors (Lipinski definition) is 6. The van der Waals surface area contributed by atoms with Gasteiger partial charge in [0, 0.05) is 28.2 Å². The van der Waals surface area contributed by atoms with E-state index in [9.17, 15) is 5.11 Å². The Labute approximate surface area is 189 Å². The van der Waals surface area contributed by atoms with Crippen LogP contribution in [0.1, 0.15) is 10.8 Å². The summed E-state index contributed by atoms with van der Waals surface area (Å²) in [5, 5.41) is 13.4. The maximum atomic E-state index is 9.29. The van der Waals surface area contributed by atoms with Crippen molar-refractivity contribution in [1.29, 1.82) is 0 Å². The summed E-state index contributed by atoms with van der Waals surface area (Å²) >= 11 is 3.54. The zero-order chi connectivity index (χ0) is 21.8. The minimum atomic E-state index is -1.79. The van der Waals surface area contributed by atoms with Crippen LogP contribution in [0.15, 0.2) is 40.8 Å². The van der Waals surface area contributed by atoms with Gasteiger partial charge in [0.05, 0.1) is 18.2 Å². The monoisotopic (exact) mass is 463 g/mol. The van der Waals surface area contributed by atoms with E-state index in [-0.39, 0.29) is 6.61 Å². The van der Waals surface area contributed by atoms with Crippen molar-refractivity contribution in [3.63, 3.8) is 0 Å². The van der Waals surface area contributed by atoms with E-state index in [4.69, 9.17) is 11.0 Å². The highest BCUT2D eigenvalue weighted by Crippen LogP contribution is 2.42. The molecule has 4 heterocycles. The van der Waals surface area contributed by atoms with Crippen molar-refractivity contribution < 1.29 is 9.52 Å². The first-order chi connectivity index (χ1) is 14.9. The number of likely N-dealkylation sites (N-methyl/N-ethyl adjacent to an activating group) is 1. The molecule has 5 nitrogen and oxygen atoms in total. The third kappa shape index (κ3) is 3.25. The summed E-state index contributed by atoms with van der Waals surface area (Å²) in [4.78, 5) is 14.0. The topological polar surface area (TPSA) is 53.9 Å². The van der Waals surface area contributed by atoms with Crippen LogP contribution in [0.5, 0.6) is 0 Å². The zero-order valence-corrected chi connectivity index (χ0v) is 20.1. The van der Waals surface area contributed by atoms with Crippen molar-refractivity contribution in [2.45, 2.75) is 13.1 Å². The molecule has 0 amide bonds. The van der Waals surface area contributed by atoms with Gasteiger partial charge in [-0.05, 0) is 40.7 Å². The van der Waals surface area contributed by atoms with E-state index in [1.165, 1.54) is 25.1 Å². The molecule has 5 rings (SSSR count). The normalized spacial score (nSPS) is 14.5. The van der Waals surface area contributed by atoms with E-state index in [0.717, 1.165) is 10.4 Å². The lowest BCUT2D eigenvalue weighted by molar-refractivity contribution is 0.304. The van der Waals surface area contributed by atoms with Gasteiger partial charge in [-0.2, -0.15) is 0 Å². The maximum Gasteiger partial charge on any atom is 0.249 e. The molecule has 31 heavy (non-hydrogen) atoms. The fourth-order valence-electron chi connectivity index (χ4n) is 3.98. The van der Waals surface area contributed by atoms with Gasteiger partial charge in [-0.25, -0.2) is 9.83 Å². The molecule has 0 saturated heterocycles. The van der Waals surface area contributed by atoms with E-state index in [2.05, 4.69) is 40.0 Å². The summed E-state index contributed by atoms with van der Waals surface area (Å²) in [5.74, 6) is 0.367. The minimum Gasteiger partial charge on any atom is -0.447 e. The minimum absolute atomic E-state index is 0.147. The number of aromatic nitrogens is 1. The van der Waals surface area contributed by atoms with Crippen LogP contribution in [0, 0.1) is 6.57 Å². The van der Waals surface area contributed by atoms with Crippen molar-refractivity contribution in [1.82, 2.24) is 4.98 Å². The van der Waals surface area contributed by atoms with E-state index in [0.29, 0.717) is 23.7 Å². The highest BCUT2D eigenvalue weighted by atomic mass is 32.1. The van der Waals surface area contributed by atoms with Gasteiger partial charge in [0.15, 0.2) is 5.58 Å². The quantitative estimate of drug-likeness (QED) is 0.347. The van der Waals surface area contributed by atoms with Crippen LogP contribution in [-0.4, -0.2) is 38.4 Å². The Morgan fingerprint density at radius 3 is 2.71 bits per heavy atom. The lowest BCUT2D eigenvalue weighted by atomic mass is 10.3. The predicted octanol–water partition coefficient (Wildman–Crippen LogP) is 4.60. The molecular weight excluding hydrogens is 442 g/mol. The van der Waals surface area contributed by atoms with Gasteiger partial charge in [-0.15, -0.1) is 22.7 Å². The highest BCUT2D eigenvalue weighted by molar-refractivity contribution is 7.30. The largest absolute Gasteiger partial charge is 0.447 e.